The van der Waals surface area contributed by atoms with Crippen LogP contribution in [0, 0.1) is 0 Å². The lowest BCUT2D eigenvalue weighted by Gasteiger charge is -2.08. The van der Waals surface area contributed by atoms with Crippen molar-refractivity contribution in [2.45, 2.75) is 12.7 Å². The molecule has 0 heterocycles. The van der Waals surface area contributed by atoms with Crippen molar-refractivity contribution >= 4 is 12.0 Å². The van der Waals surface area contributed by atoms with Crippen molar-refractivity contribution < 1.29 is 23.1 Å². The summed E-state index contributed by atoms with van der Waals surface area (Å²) in [6.45, 7) is 0.00265. The van der Waals surface area contributed by atoms with Gasteiger partial charge in [-0.1, -0.05) is 24.3 Å². The van der Waals surface area contributed by atoms with Crippen molar-refractivity contribution in [3.63, 3.8) is 0 Å². The molecule has 2 rings (SSSR count). The SMILES string of the molecule is O=C(/C=C/c1ccc(O)cc1)NCc1cccc(C(F)(F)F)c1. The van der Waals surface area contributed by atoms with Crippen LogP contribution in [0.4, 0.5) is 13.2 Å². The fourth-order valence-corrected chi connectivity index (χ4v) is 1.86. The Labute approximate surface area is 131 Å². The molecule has 2 aromatic rings. The third kappa shape index (κ3) is 5.18. The molecular weight excluding hydrogens is 307 g/mol. The summed E-state index contributed by atoms with van der Waals surface area (Å²) >= 11 is 0. The van der Waals surface area contributed by atoms with E-state index < -0.39 is 17.6 Å². The van der Waals surface area contributed by atoms with Crippen LogP contribution in [0.5, 0.6) is 5.75 Å². The number of amides is 1. The molecule has 0 aromatic heterocycles. The van der Waals surface area contributed by atoms with Gasteiger partial charge in [0.25, 0.3) is 0 Å². The fraction of sp³-hybridized carbons (Fsp3) is 0.118. The summed E-state index contributed by atoms with van der Waals surface area (Å²) in [5, 5.41) is 11.7. The Hall–Kier alpha value is -2.76. The zero-order valence-electron chi connectivity index (χ0n) is 12.0. The normalized spacial score (nSPS) is 11.6. The monoisotopic (exact) mass is 321 g/mol. The van der Waals surface area contributed by atoms with Gasteiger partial charge in [0, 0.05) is 12.6 Å². The van der Waals surface area contributed by atoms with Gasteiger partial charge in [0.05, 0.1) is 5.56 Å². The Kier molecular flexibility index (Phi) is 5.05. The van der Waals surface area contributed by atoms with Gasteiger partial charge in [-0.05, 0) is 41.5 Å². The molecule has 0 aliphatic rings. The number of carbonyl (C=O) groups is 1. The Morgan fingerprint density at radius 3 is 2.48 bits per heavy atom. The lowest BCUT2D eigenvalue weighted by Crippen LogP contribution is -2.20. The van der Waals surface area contributed by atoms with Gasteiger partial charge in [0.15, 0.2) is 0 Å². The topological polar surface area (TPSA) is 49.3 Å². The highest BCUT2D eigenvalue weighted by atomic mass is 19.4. The number of rotatable bonds is 4. The summed E-state index contributed by atoms with van der Waals surface area (Å²) < 4.78 is 37.8. The molecule has 2 N–H and O–H groups in total. The van der Waals surface area contributed by atoms with Crippen molar-refractivity contribution in [3.8, 4) is 5.75 Å². The largest absolute Gasteiger partial charge is 0.508 e. The predicted octanol–water partition coefficient (Wildman–Crippen LogP) is 3.74. The summed E-state index contributed by atoms with van der Waals surface area (Å²) in [5.74, 6) is -0.299. The Morgan fingerprint density at radius 2 is 1.83 bits per heavy atom. The minimum atomic E-state index is -4.40. The molecule has 0 unspecified atom stereocenters. The molecule has 0 fully saturated rings. The van der Waals surface area contributed by atoms with E-state index >= 15 is 0 Å². The molecule has 1 amide bonds. The van der Waals surface area contributed by atoms with Gasteiger partial charge >= 0.3 is 6.18 Å². The number of aromatic hydroxyl groups is 1. The van der Waals surface area contributed by atoms with E-state index in [9.17, 15) is 18.0 Å². The lowest BCUT2D eigenvalue weighted by molar-refractivity contribution is -0.137. The number of alkyl halides is 3. The van der Waals surface area contributed by atoms with Crippen molar-refractivity contribution in [3.05, 3.63) is 71.3 Å². The number of hydrogen-bond donors (Lipinski definition) is 2. The molecule has 23 heavy (non-hydrogen) atoms. The lowest BCUT2D eigenvalue weighted by atomic mass is 10.1. The minimum absolute atomic E-state index is 0.00265. The van der Waals surface area contributed by atoms with E-state index in [1.54, 1.807) is 18.2 Å². The van der Waals surface area contributed by atoms with Gasteiger partial charge in [-0.25, -0.2) is 0 Å². The predicted molar refractivity (Wildman–Crippen MR) is 80.4 cm³/mol. The number of hydrogen-bond acceptors (Lipinski definition) is 2. The zero-order valence-corrected chi connectivity index (χ0v) is 12.0. The van der Waals surface area contributed by atoms with E-state index in [0.717, 1.165) is 17.7 Å². The zero-order chi connectivity index (χ0) is 16.9. The van der Waals surface area contributed by atoms with Crippen LogP contribution in [-0.2, 0) is 17.5 Å². The maximum atomic E-state index is 12.6. The number of halogens is 3. The third-order valence-corrected chi connectivity index (χ3v) is 3.04. The van der Waals surface area contributed by atoms with Crippen molar-refractivity contribution in [2.24, 2.45) is 0 Å². The van der Waals surface area contributed by atoms with Crippen molar-refractivity contribution in [1.29, 1.82) is 0 Å². The van der Waals surface area contributed by atoms with E-state index in [0.29, 0.717) is 5.56 Å². The molecule has 0 radical (unpaired) electrons. The molecular formula is C17H14F3NO2. The Balaban J connectivity index is 1.93. The molecule has 3 nitrogen and oxygen atoms in total. The first-order valence-corrected chi connectivity index (χ1v) is 6.76. The van der Waals surface area contributed by atoms with Gasteiger partial charge in [-0.2, -0.15) is 13.2 Å². The molecule has 0 aliphatic heterocycles. The van der Waals surface area contributed by atoms with Crippen LogP contribution in [0.1, 0.15) is 16.7 Å². The quantitative estimate of drug-likeness (QED) is 0.843. The van der Waals surface area contributed by atoms with Crippen LogP contribution in [0.15, 0.2) is 54.6 Å². The van der Waals surface area contributed by atoms with E-state index in [1.807, 2.05) is 0 Å². The van der Waals surface area contributed by atoms with E-state index in [2.05, 4.69) is 5.32 Å². The van der Waals surface area contributed by atoms with E-state index in [1.165, 1.54) is 30.3 Å². The highest BCUT2D eigenvalue weighted by Crippen LogP contribution is 2.29. The number of phenols is 1. The minimum Gasteiger partial charge on any atom is -0.508 e. The molecule has 2 aromatic carbocycles. The van der Waals surface area contributed by atoms with Crippen LogP contribution in [0.3, 0.4) is 0 Å². The van der Waals surface area contributed by atoms with E-state index in [-0.39, 0.29) is 12.3 Å². The molecule has 0 saturated carbocycles. The molecule has 0 saturated heterocycles. The smallest absolute Gasteiger partial charge is 0.416 e. The molecule has 120 valence electrons. The second-order valence-corrected chi connectivity index (χ2v) is 4.84. The second kappa shape index (κ2) is 7.00. The van der Waals surface area contributed by atoms with Gasteiger partial charge in [0.1, 0.15) is 5.75 Å². The van der Waals surface area contributed by atoms with E-state index in [4.69, 9.17) is 5.11 Å². The molecule has 0 aliphatic carbocycles. The van der Waals surface area contributed by atoms with Gasteiger partial charge in [-0.3, -0.25) is 4.79 Å². The number of benzene rings is 2. The average Bonchev–Trinajstić information content (AvgIpc) is 2.52. The van der Waals surface area contributed by atoms with Gasteiger partial charge in [-0.15, -0.1) is 0 Å². The number of nitrogens with one attached hydrogen (secondary N) is 1. The highest BCUT2D eigenvalue weighted by Gasteiger charge is 2.30. The fourth-order valence-electron chi connectivity index (χ4n) is 1.86. The van der Waals surface area contributed by atoms with Crippen LogP contribution in [0.25, 0.3) is 6.08 Å². The van der Waals surface area contributed by atoms with Crippen LogP contribution < -0.4 is 5.32 Å². The Morgan fingerprint density at radius 1 is 1.13 bits per heavy atom. The van der Waals surface area contributed by atoms with Gasteiger partial charge < -0.3 is 10.4 Å². The van der Waals surface area contributed by atoms with Crippen LogP contribution in [-0.4, -0.2) is 11.0 Å². The summed E-state index contributed by atoms with van der Waals surface area (Å²) in [5.41, 5.74) is 0.340. The first-order chi connectivity index (χ1) is 10.8. The maximum absolute atomic E-state index is 12.6. The summed E-state index contributed by atoms with van der Waals surface area (Å²) in [7, 11) is 0. The van der Waals surface area contributed by atoms with Crippen LogP contribution >= 0.6 is 0 Å². The maximum Gasteiger partial charge on any atom is 0.416 e. The highest BCUT2D eigenvalue weighted by molar-refractivity contribution is 5.91. The number of carbonyl (C=O) groups excluding carboxylic acids is 1. The van der Waals surface area contributed by atoms with Gasteiger partial charge in [0.2, 0.25) is 5.91 Å². The van der Waals surface area contributed by atoms with Crippen molar-refractivity contribution in [1.82, 2.24) is 5.32 Å². The molecule has 6 heteroatoms. The third-order valence-electron chi connectivity index (χ3n) is 3.04. The molecule has 0 spiro atoms. The second-order valence-electron chi connectivity index (χ2n) is 4.84. The summed E-state index contributed by atoms with van der Waals surface area (Å²) in [4.78, 5) is 11.7. The van der Waals surface area contributed by atoms with Crippen LogP contribution in [0.2, 0.25) is 0 Å². The summed E-state index contributed by atoms with van der Waals surface area (Å²) in [6, 6.07) is 11.0. The first-order valence-electron chi connectivity index (χ1n) is 6.76. The summed E-state index contributed by atoms with van der Waals surface area (Å²) in [6.07, 6.45) is -1.58. The first kappa shape index (κ1) is 16.6. The molecule has 0 atom stereocenters. The Bertz CT molecular complexity index is 707. The van der Waals surface area contributed by atoms with Crippen molar-refractivity contribution in [2.75, 3.05) is 0 Å². The number of phenolic OH excluding ortho intramolecular Hbond substituents is 1. The molecule has 0 bridgehead atoms. The standard InChI is InChI=1S/C17H14F3NO2/c18-17(19,20)14-3-1-2-13(10-14)11-21-16(23)9-6-12-4-7-15(22)8-5-12/h1-10,22H,11H2,(H,21,23)/b9-6+. The average molecular weight is 321 g/mol.